The Balaban J connectivity index is 0.000000122. The van der Waals surface area contributed by atoms with Crippen molar-refractivity contribution in [2.24, 2.45) is 0 Å². The molecule has 6 heterocycles. The van der Waals surface area contributed by atoms with Crippen molar-refractivity contribution < 1.29 is 0 Å². The maximum Gasteiger partial charge on any atom is 0.111 e. The molecule has 9 rings (SSSR count). The first-order valence-electron chi connectivity index (χ1n) is 15.6. The molecular formula is C30H32N12S6. The van der Waals surface area contributed by atoms with Crippen LogP contribution >= 0.6 is 69.2 Å². The molecule has 0 bridgehead atoms. The van der Waals surface area contributed by atoms with Crippen LogP contribution in [0.4, 0.5) is 0 Å². The summed E-state index contributed by atoms with van der Waals surface area (Å²) in [7, 11) is 0. The van der Waals surface area contributed by atoms with Crippen molar-refractivity contribution in [3.63, 3.8) is 0 Å². The minimum atomic E-state index is 0.951. The van der Waals surface area contributed by atoms with E-state index < -0.39 is 0 Å². The van der Waals surface area contributed by atoms with Gasteiger partial charge in [-0.25, -0.2) is 0 Å². The fourth-order valence-corrected chi connectivity index (χ4v) is 10.3. The Hall–Kier alpha value is -3.42. The van der Waals surface area contributed by atoms with E-state index in [4.69, 9.17) is 0 Å². The van der Waals surface area contributed by atoms with E-state index in [0.717, 1.165) is 79.3 Å². The maximum atomic E-state index is 4.25. The molecule has 0 unspecified atom stereocenters. The monoisotopic (exact) mass is 752 g/mol. The molecular weight excluding hydrogens is 721 g/mol. The van der Waals surface area contributed by atoms with Crippen LogP contribution in [0.1, 0.15) is 74.9 Å². The average Bonchev–Trinajstić information content (AvgIpc) is 3.95. The van der Waals surface area contributed by atoms with Crippen molar-refractivity contribution in [3.05, 3.63) is 33.4 Å². The summed E-state index contributed by atoms with van der Waals surface area (Å²) in [4.78, 5) is 0. The van der Waals surface area contributed by atoms with Gasteiger partial charge >= 0.3 is 0 Å². The number of aromatic nitrogens is 12. The Morgan fingerprint density at radius 2 is 0.542 bits per heavy atom. The van der Waals surface area contributed by atoms with E-state index in [2.05, 4.69) is 85.2 Å². The van der Waals surface area contributed by atoms with Gasteiger partial charge in [-0.15, -0.1) is 30.6 Å². The average molecular weight is 753 g/mol. The fraction of sp³-hybridized carbons (Fsp3) is 0.400. The van der Waals surface area contributed by atoms with Gasteiger partial charge in [0.2, 0.25) is 0 Å². The van der Waals surface area contributed by atoms with Gasteiger partial charge in [-0.1, -0.05) is 68.5 Å². The lowest BCUT2D eigenvalue weighted by Gasteiger charge is -2.03. The van der Waals surface area contributed by atoms with Crippen molar-refractivity contribution >= 4 is 130 Å². The third-order valence-electron chi connectivity index (χ3n) is 7.97. The standard InChI is InChI=1S/2C10H10N4S2.C8H6N4S2.C2H6/c2*1-3-5-7-10(16-13-11-7)6(4-2)8-9(5)15-14-12-8;1-3-5-8(14-11-9-5)4(2)6-7(3)13-12-10-6;1-2/h2*3-4H2,1-2H3;1-2H3;1-2H3. The Morgan fingerprint density at radius 3 is 0.771 bits per heavy atom. The molecule has 9 aromatic rings. The summed E-state index contributed by atoms with van der Waals surface area (Å²) in [6, 6.07) is 0. The first-order chi connectivity index (χ1) is 23.5. The van der Waals surface area contributed by atoms with Gasteiger partial charge < -0.3 is 0 Å². The van der Waals surface area contributed by atoms with Gasteiger partial charge in [-0.2, -0.15) is 0 Å². The second kappa shape index (κ2) is 15.0. The highest BCUT2D eigenvalue weighted by atomic mass is 32.1. The summed E-state index contributed by atoms with van der Waals surface area (Å²) in [5.41, 5.74) is 13.4. The highest BCUT2D eigenvalue weighted by Crippen LogP contribution is 2.36. The van der Waals surface area contributed by atoms with E-state index in [-0.39, 0.29) is 0 Å². The van der Waals surface area contributed by atoms with Crippen LogP contribution in [-0.4, -0.2) is 57.5 Å². The highest BCUT2D eigenvalue weighted by Gasteiger charge is 2.19. The van der Waals surface area contributed by atoms with E-state index in [1.54, 1.807) is 0 Å². The van der Waals surface area contributed by atoms with E-state index in [0.29, 0.717) is 0 Å². The van der Waals surface area contributed by atoms with Crippen LogP contribution in [0, 0.1) is 13.8 Å². The van der Waals surface area contributed by atoms with Gasteiger partial charge in [0.1, 0.15) is 33.1 Å². The Labute approximate surface area is 300 Å². The van der Waals surface area contributed by atoms with Gasteiger partial charge in [0.05, 0.1) is 28.2 Å². The number of hydrogen-bond donors (Lipinski definition) is 0. The first-order valence-corrected chi connectivity index (χ1v) is 20.2. The zero-order chi connectivity index (χ0) is 33.9. The van der Waals surface area contributed by atoms with Gasteiger partial charge in [0.15, 0.2) is 0 Å². The Bertz CT molecular complexity index is 2060. The fourth-order valence-electron chi connectivity index (χ4n) is 5.67. The number of nitrogens with zero attached hydrogens (tertiary/aromatic N) is 12. The molecule has 48 heavy (non-hydrogen) atoms. The molecule has 0 spiro atoms. The number of fused-ring (bicyclic) bond motifs is 6. The van der Waals surface area contributed by atoms with Crippen LogP contribution in [0.25, 0.3) is 61.3 Å². The summed E-state index contributed by atoms with van der Waals surface area (Å²) in [5.74, 6) is 0. The zero-order valence-corrected chi connectivity index (χ0v) is 32.5. The molecule has 0 radical (unpaired) electrons. The van der Waals surface area contributed by atoms with E-state index >= 15 is 0 Å². The second-order valence-corrected chi connectivity index (χ2v) is 14.8. The second-order valence-electron chi connectivity index (χ2n) is 10.3. The van der Waals surface area contributed by atoms with E-state index in [9.17, 15) is 0 Å². The predicted octanol–water partition coefficient (Wildman–Crippen LogP) is 8.98. The van der Waals surface area contributed by atoms with E-state index in [1.807, 2.05) is 27.7 Å². The van der Waals surface area contributed by atoms with Crippen molar-refractivity contribution in [3.8, 4) is 0 Å². The minimum Gasteiger partial charge on any atom is -0.138 e. The van der Waals surface area contributed by atoms with Crippen LogP contribution in [0.5, 0.6) is 0 Å². The van der Waals surface area contributed by atoms with Crippen molar-refractivity contribution in [1.82, 2.24) is 57.5 Å². The van der Waals surface area contributed by atoms with Gasteiger partial charge in [-0.05, 0) is 120 Å². The Kier molecular flexibility index (Phi) is 10.8. The topological polar surface area (TPSA) is 155 Å². The predicted molar refractivity (Wildman–Crippen MR) is 203 cm³/mol. The molecule has 0 N–H and O–H groups in total. The third-order valence-corrected chi connectivity index (χ3v) is 12.8. The molecule has 12 nitrogen and oxygen atoms in total. The van der Waals surface area contributed by atoms with Crippen molar-refractivity contribution in [2.75, 3.05) is 0 Å². The Morgan fingerprint density at radius 1 is 0.333 bits per heavy atom. The van der Waals surface area contributed by atoms with Crippen LogP contribution in [0.3, 0.4) is 0 Å². The van der Waals surface area contributed by atoms with Crippen molar-refractivity contribution in [1.29, 1.82) is 0 Å². The molecule has 0 fully saturated rings. The SMILES string of the molecule is CC.CCc1c2nnsc2c(CC)c2nnsc12.CCc1c2nnsc2c(CC)c2nnsc12.Cc1c2nnsc2c(C)c2nnsc12. The molecule has 0 aliphatic rings. The zero-order valence-electron chi connectivity index (χ0n) is 27.6. The lowest BCUT2D eigenvalue weighted by molar-refractivity contribution is 1.11. The molecule has 0 saturated heterocycles. The lowest BCUT2D eigenvalue weighted by Crippen LogP contribution is -1.90. The van der Waals surface area contributed by atoms with Gasteiger partial charge in [-0.3, -0.25) is 0 Å². The smallest absolute Gasteiger partial charge is 0.111 e. The van der Waals surface area contributed by atoms with Crippen LogP contribution in [0.2, 0.25) is 0 Å². The largest absolute Gasteiger partial charge is 0.138 e. The van der Waals surface area contributed by atoms with Crippen molar-refractivity contribution in [2.45, 2.75) is 81.1 Å². The van der Waals surface area contributed by atoms with Crippen LogP contribution in [-0.2, 0) is 25.7 Å². The van der Waals surface area contributed by atoms with Gasteiger partial charge in [0.25, 0.3) is 0 Å². The molecule has 6 aromatic heterocycles. The summed E-state index contributed by atoms with van der Waals surface area (Å²) in [5, 5.41) is 25.2. The number of benzene rings is 3. The number of hydrogen-bond acceptors (Lipinski definition) is 18. The molecule has 0 aliphatic carbocycles. The quantitative estimate of drug-likeness (QED) is 0.168. The summed E-state index contributed by atoms with van der Waals surface area (Å²) < 4.78 is 31.2. The van der Waals surface area contributed by atoms with Crippen LogP contribution in [0.15, 0.2) is 0 Å². The molecule has 0 atom stereocenters. The third kappa shape index (κ3) is 5.81. The van der Waals surface area contributed by atoms with E-state index in [1.165, 1.54) is 110 Å². The van der Waals surface area contributed by atoms with Gasteiger partial charge in [0, 0.05) is 22.3 Å². The molecule has 0 saturated carbocycles. The molecule has 18 heteroatoms. The summed E-state index contributed by atoms with van der Waals surface area (Å²) >= 11 is 8.69. The normalized spacial score (nSPS) is 11.2. The molecule has 0 aliphatic heterocycles. The number of aryl methyl sites for hydroxylation is 6. The van der Waals surface area contributed by atoms with Crippen LogP contribution < -0.4 is 0 Å². The molecule has 0 amide bonds. The molecule has 3 aromatic carbocycles. The number of rotatable bonds is 4. The maximum absolute atomic E-state index is 4.25. The lowest BCUT2D eigenvalue weighted by atomic mass is 10.0. The highest BCUT2D eigenvalue weighted by molar-refractivity contribution is 7.16. The minimum absolute atomic E-state index is 0.951. The molecule has 248 valence electrons. The summed E-state index contributed by atoms with van der Waals surface area (Å²) in [6.07, 6.45) is 3.80. The summed E-state index contributed by atoms with van der Waals surface area (Å²) in [6.45, 7) is 16.6. The first kappa shape index (κ1) is 34.4.